The van der Waals surface area contributed by atoms with E-state index in [-0.39, 0.29) is 17.2 Å². The van der Waals surface area contributed by atoms with Crippen molar-refractivity contribution in [3.8, 4) is 5.75 Å². The molecule has 6 heteroatoms. The lowest BCUT2D eigenvalue weighted by Crippen LogP contribution is -2.49. The Labute approximate surface area is 148 Å². The minimum atomic E-state index is -0.413. The molecule has 2 N–H and O–H groups in total. The topological polar surface area (TPSA) is 76.7 Å². The van der Waals surface area contributed by atoms with E-state index in [0.29, 0.717) is 32.6 Å². The van der Waals surface area contributed by atoms with E-state index < -0.39 is 6.04 Å². The number of carbonyl (C=O) groups excluding carboxylic acids is 2. The quantitative estimate of drug-likeness (QED) is 0.846. The van der Waals surface area contributed by atoms with Crippen LogP contribution in [-0.2, 0) is 19.7 Å². The van der Waals surface area contributed by atoms with E-state index in [1.807, 2.05) is 12.1 Å². The van der Waals surface area contributed by atoms with Gasteiger partial charge >= 0.3 is 0 Å². The molecule has 1 aromatic rings. The van der Waals surface area contributed by atoms with Crippen LogP contribution < -0.4 is 15.4 Å². The molecule has 2 amide bonds. The molecule has 136 valence electrons. The van der Waals surface area contributed by atoms with Gasteiger partial charge in [-0.1, -0.05) is 17.7 Å². The highest BCUT2D eigenvalue weighted by Gasteiger charge is 2.38. The van der Waals surface area contributed by atoms with Gasteiger partial charge in [-0.2, -0.15) is 0 Å². The van der Waals surface area contributed by atoms with Crippen LogP contribution in [0.25, 0.3) is 0 Å². The van der Waals surface area contributed by atoms with Crippen LogP contribution in [0.15, 0.2) is 18.2 Å². The zero-order valence-electron chi connectivity index (χ0n) is 14.9. The molecule has 1 atom stereocenters. The van der Waals surface area contributed by atoms with Gasteiger partial charge in [-0.15, -0.1) is 0 Å². The Morgan fingerprint density at radius 2 is 2.16 bits per heavy atom. The Hall–Kier alpha value is -2.08. The second-order valence-corrected chi connectivity index (χ2v) is 6.97. The van der Waals surface area contributed by atoms with Crippen LogP contribution >= 0.6 is 0 Å². The van der Waals surface area contributed by atoms with E-state index in [1.54, 1.807) is 7.11 Å². The summed E-state index contributed by atoms with van der Waals surface area (Å²) in [5.74, 6) is 0.681. The summed E-state index contributed by atoms with van der Waals surface area (Å²) in [4.78, 5) is 23.8. The second-order valence-electron chi connectivity index (χ2n) is 6.97. The maximum atomic E-state index is 12.4. The fraction of sp³-hybridized carbons (Fsp3) is 0.579. The van der Waals surface area contributed by atoms with E-state index in [0.717, 1.165) is 29.7 Å². The predicted octanol–water partition coefficient (Wildman–Crippen LogP) is 1.45. The summed E-state index contributed by atoms with van der Waals surface area (Å²) in [6.45, 7) is 3.89. The molecular formula is C19H26N2O4. The average molecular weight is 346 g/mol. The fourth-order valence-corrected chi connectivity index (χ4v) is 3.73. The smallest absolute Gasteiger partial charge is 0.242 e. The maximum Gasteiger partial charge on any atom is 0.242 e. The van der Waals surface area contributed by atoms with Gasteiger partial charge < -0.3 is 20.1 Å². The van der Waals surface area contributed by atoms with Crippen molar-refractivity contribution in [2.24, 2.45) is 0 Å². The zero-order chi connectivity index (χ0) is 17.9. The number of hydrogen-bond acceptors (Lipinski definition) is 4. The molecule has 3 rings (SSSR count). The third-order valence-electron chi connectivity index (χ3n) is 5.29. The van der Waals surface area contributed by atoms with Crippen LogP contribution in [0.4, 0.5) is 0 Å². The Balaban J connectivity index is 1.80. The lowest BCUT2D eigenvalue weighted by atomic mass is 9.73. The molecule has 1 aromatic carbocycles. The molecule has 0 saturated carbocycles. The highest BCUT2D eigenvalue weighted by molar-refractivity contribution is 5.90. The van der Waals surface area contributed by atoms with Gasteiger partial charge in [0.2, 0.25) is 11.8 Å². The van der Waals surface area contributed by atoms with Crippen LogP contribution in [0.3, 0.4) is 0 Å². The van der Waals surface area contributed by atoms with Gasteiger partial charge in [-0.05, 0) is 32.3 Å². The second kappa shape index (κ2) is 7.44. The summed E-state index contributed by atoms with van der Waals surface area (Å²) >= 11 is 0. The van der Waals surface area contributed by atoms with Crippen molar-refractivity contribution >= 4 is 11.8 Å². The summed E-state index contributed by atoms with van der Waals surface area (Å²) < 4.78 is 11.1. The number of methoxy groups -OCH3 is 1. The molecule has 2 saturated heterocycles. The van der Waals surface area contributed by atoms with Gasteiger partial charge in [0.05, 0.1) is 7.11 Å². The summed E-state index contributed by atoms with van der Waals surface area (Å²) in [6, 6.07) is 5.75. The number of aryl methyl sites for hydroxylation is 1. The van der Waals surface area contributed by atoms with Crippen molar-refractivity contribution in [2.45, 2.75) is 44.1 Å². The van der Waals surface area contributed by atoms with E-state index in [4.69, 9.17) is 9.47 Å². The predicted molar refractivity (Wildman–Crippen MR) is 93.6 cm³/mol. The number of rotatable bonds is 5. The van der Waals surface area contributed by atoms with Crippen molar-refractivity contribution in [2.75, 3.05) is 26.9 Å². The fourth-order valence-electron chi connectivity index (χ4n) is 3.73. The summed E-state index contributed by atoms with van der Waals surface area (Å²) in [5.41, 5.74) is 2.07. The van der Waals surface area contributed by atoms with Gasteiger partial charge in [-0.3, -0.25) is 9.59 Å². The van der Waals surface area contributed by atoms with Crippen LogP contribution in [0.5, 0.6) is 5.75 Å². The van der Waals surface area contributed by atoms with Crippen molar-refractivity contribution < 1.29 is 19.1 Å². The first-order valence-electron chi connectivity index (χ1n) is 8.84. The number of nitrogens with one attached hydrogen (secondary N) is 2. The molecule has 6 nitrogen and oxygen atoms in total. The molecule has 0 spiro atoms. The standard InChI is InChI=1S/C19H26N2O4/c1-13-3-5-16(24-2)14(11-13)19(7-9-25-10-8-19)12-20-18(23)15-4-6-17(22)21-15/h3,5,11,15H,4,6-10,12H2,1-2H3,(H,20,23)(H,21,22). The normalized spacial score (nSPS) is 22.3. The number of ether oxygens (including phenoxy) is 2. The number of benzene rings is 1. The van der Waals surface area contributed by atoms with Gasteiger partial charge in [0.1, 0.15) is 11.8 Å². The highest BCUT2D eigenvalue weighted by atomic mass is 16.5. The number of carbonyl (C=O) groups is 2. The molecule has 2 aliphatic rings. The monoisotopic (exact) mass is 346 g/mol. The number of hydrogen-bond donors (Lipinski definition) is 2. The highest BCUT2D eigenvalue weighted by Crippen LogP contribution is 2.40. The molecule has 0 aliphatic carbocycles. The minimum Gasteiger partial charge on any atom is -0.496 e. The summed E-state index contributed by atoms with van der Waals surface area (Å²) in [7, 11) is 1.67. The largest absolute Gasteiger partial charge is 0.496 e. The molecule has 0 bridgehead atoms. The van der Waals surface area contributed by atoms with Crippen molar-refractivity contribution in [1.82, 2.24) is 10.6 Å². The summed E-state index contributed by atoms with van der Waals surface area (Å²) in [6.07, 6.45) is 2.63. The Bertz CT molecular complexity index is 653. The first-order valence-corrected chi connectivity index (χ1v) is 8.84. The Morgan fingerprint density at radius 1 is 1.40 bits per heavy atom. The van der Waals surface area contributed by atoms with Crippen LogP contribution in [0, 0.1) is 6.92 Å². The van der Waals surface area contributed by atoms with Crippen LogP contribution in [0.1, 0.15) is 36.8 Å². The van der Waals surface area contributed by atoms with Crippen LogP contribution in [-0.4, -0.2) is 44.7 Å². The lowest BCUT2D eigenvalue weighted by Gasteiger charge is -2.39. The summed E-state index contributed by atoms with van der Waals surface area (Å²) in [5, 5.41) is 5.79. The van der Waals surface area contributed by atoms with Crippen molar-refractivity contribution in [1.29, 1.82) is 0 Å². The van der Waals surface area contributed by atoms with Gasteiger partial charge in [0.15, 0.2) is 0 Å². The van der Waals surface area contributed by atoms with Crippen molar-refractivity contribution in [3.63, 3.8) is 0 Å². The molecule has 2 aliphatic heterocycles. The first kappa shape index (κ1) is 17.7. The van der Waals surface area contributed by atoms with E-state index in [1.165, 1.54) is 0 Å². The first-order chi connectivity index (χ1) is 12.0. The Morgan fingerprint density at radius 3 is 2.80 bits per heavy atom. The zero-order valence-corrected chi connectivity index (χ0v) is 14.9. The maximum absolute atomic E-state index is 12.4. The SMILES string of the molecule is COc1ccc(C)cc1C1(CNC(=O)C2CCC(=O)N2)CCOCC1. The molecule has 0 radical (unpaired) electrons. The third-order valence-corrected chi connectivity index (χ3v) is 5.29. The van der Waals surface area contributed by atoms with E-state index in [2.05, 4.69) is 23.6 Å². The molecular weight excluding hydrogens is 320 g/mol. The van der Waals surface area contributed by atoms with Crippen LogP contribution in [0.2, 0.25) is 0 Å². The minimum absolute atomic E-state index is 0.0544. The average Bonchev–Trinajstić information content (AvgIpc) is 3.07. The molecule has 1 unspecified atom stereocenters. The van der Waals surface area contributed by atoms with Crippen molar-refractivity contribution in [3.05, 3.63) is 29.3 Å². The third kappa shape index (κ3) is 3.79. The molecule has 2 fully saturated rings. The van der Waals surface area contributed by atoms with Gasteiger partial charge in [0.25, 0.3) is 0 Å². The number of amides is 2. The van der Waals surface area contributed by atoms with Gasteiger partial charge in [-0.25, -0.2) is 0 Å². The van der Waals surface area contributed by atoms with E-state index in [9.17, 15) is 9.59 Å². The van der Waals surface area contributed by atoms with E-state index >= 15 is 0 Å². The Kier molecular flexibility index (Phi) is 5.27. The molecule has 2 heterocycles. The van der Waals surface area contributed by atoms with Gasteiger partial charge in [0, 0.05) is 37.2 Å². The lowest BCUT2D eigenvalue weighted by molar-refractivity contribution is -0.126. The molecule has 0 aromatic heterocycles. The molecule has 25 heavy (non-hydrogen) atoms.